The zero-order valence-corrected chi connectivity index (χ0v) is 7.89. The highest BCUT2D eigenvalue weighted by Crippen LogP contribution is 2.09. The first-order valence-corrected chi connectivity index (χ1v) is 4.53. The molecule has 5 heteroatoms. The second kappa shape index (κ2) is 4.61. The molecule has 1 amide bonds. The smallest absolute Gasteiger partial charge is 0.348 e. The molecule has 0 radical (unpaired) electrons. The van der Waals surface area contributed by atoms with Crippen LogP contribution in [0.5, 0.6) is 0 Å². The van der Waals surface area contributed by atoms with Gasteiger partial charge in [-0.1, -0.05) is 6.07 Å². The third-order valence-electron chi connectivity index (χ3n) is 1.34. The predicted octanol–water partition coefficient (Wildman–Crippen LogP) is 0.651. The van der Waals surface area contributed by atoms with Gasteiger partial charge in [0.05, 0.1) is 0 Å². The molecule has 4 nitrogen and oxygen atoms in total. The van der Waals surface area contributed by atoms with Gasteiger partial charge in [-0.15, -0.1) is 11.3 Å². The zero-order chi connectivity index (χ0) is 9.68. The molecule has 1 aromatic rings. The Balaban J connectivity index is 2.39. The fraction of sp³-hybridized carbons (Fsp3) is 0.250. The van der Waals surface area contributed by atoms with E-state index in [1.54, 1.807) is 17.5 Å². The van der Waals surface area contributed by atoms with Crippen LogP contribution in [-0.4, -0.2) is 25.5 Å². The summed E-state index contributed by atoms with van der Waals surface area (Å²) in [6, 6.07) is 3.40. The minimum Gasteiger partial charge on any atom is -0.451 e. The maximum Gasteiger partial charge on any atom is 0.348 e. The highest BCUT2D eigenvalue weighted by molar-refractivity contribution is 7.11. The van der Waals surface area contributed by atoms with Crippen molar-refractivity contribution < 1.29 is 14.3 Å². The Morgan fingerprint density at radius 1 is 1.62 bits per heavy atom. The predicted molar refractivity (Wildman–Crippen MR) is 48.7 cm³/mol. The highest BCUT2D eigenvalue weighted by atomic mass is 32.1. The third-order valence-corrected chi connectivity index (χ3v) is 2.19. The van der Waals surface area contributed by atoms with Gasteiger partial charge in [0.25, 0.3) is 5.91 Å². The Morgan fingerprint density at radius 3 is 2.92 bits per heavy atom. The van der Waals surface area contributed by atoms with Crippen molar-refractivity contribution in [3.05, 3.63) is 22.4 Å². The van der Waals surface area contributed by atoms with Crippen molar-refractivity contribution >= 4 is 23.2 Å². The standard InChI is InChI=1S/C8H9NO3S/c1-9-7(10)5-12-8(11)6-3-2-4-13-6/h2-4H,5H2,1H3,(H,9,10). The van der Waals surface area contributed by atoms with Crippen LogP contribution in [0.1, 0.15) is 9.67 Å². The van der Waals surface area contributed by atoms with Gasteiger partial charge in [0, 0.05) is 7.05 Å². The van der Waals surface area contributed by atoms with Gasteiger partial charge in [0.15, 0.2) is 6.61 Å². The fourth-order valence-electron chi connectivity index (χ4n) is 0.669. The number of ether oxygens (including phenoxy) is 1. The summed E-state index contributed by atoms with van der Waals surface area (Å²) in [6.45, 7) is -0.229. The first kappa shape index (κ1) is 9.73. The van der Waals surface area contributed by atoms with Crippen molar-refractivity contribution in [2.75, 3.05) is 13.7 Å². The molecule has 1 N–H and O–H groups in total. The largest absolute Gasteiger partial charge is 0.451 e. The van der Waals surface area contributed by atoms with E-state index in [1.807, 2.05) is 0 Å². The van der Waals surface area contributed by atoms with E-state index in [0.717, 1.165) is 0 Å². The fourth-order valence-corrected chi connectivity index (χ4v) is 1.29. The average Bonchev–Trinajstić information content (AvgIpc) is 2.66. The van der Waals surface area contributed by atoms with Crippen molar-refractivity contribution in [3.8, 4) is 0 Å². The number of likely N-dealkylation sites (N-methyl/N-ethyl adjacent to an activating group) is 1. The molecule has 0 aliphatic rings. The van der Waals surface area contributed by atoms with Crippen LogP contribution in [0.4, 0.5) is 0 Å². The van der Waals surface area contributed by atoms with Crippen LogP contribution in [-0.2, 0) is 9.53 Å². The van der Waals surface area contributed by atoms with E-state index in [9.17, 15) is 9.59 Å². The molecule has 70 valence electrons. The van der Waals surface area contributed by atoms with E-state index in [4.69, 9.17) is 4.74 Å². The van der Waals surface area contributed by atoms with Crippen LogP contribution >= 0.6 is 11.3 Å². The van der Waals surface area contributed by atoms with E-state index in [0.29, 0.717) is 4.88 Å². The van der Waals surface area contributed by atoms with Crippen molar-refractivity contribution in [1.82, 2.24) is 5.32 Å². The summed E-state index contributed by atoms with van der Waals surface area (Å²) in [5, 5.41) is 4.13. The maximum atomic E-state index is 11.1. The molecule has 1 rings (SSSR count). The van der Waals surface area contributed by atoms with E-state index >= 15 is 0 Å². The van der Waals surface area contributed by atoms with Gasteiger partial charge in [-0.05, 0) is 11.4 Å². The van der Waals surface area contributed by atoms with Gasteiger partial charge in [-0.25, -0.2) is 4.79 Å². The Bertz CT molecular complexity index is 294. The van der Waals surface area contributed by atoms with Gasteiger partial charge >= 0.3 is 5.97 Å². The topological polar surface area (TPSA) is 55.4 Å². The van der Waals surface area contributed by atoms with Crippen LogP contribution in [0, 0.1) is 0 Å². The number of thiophene rings is 1. The molecule has 1 heterocycles. The molecule has 0 spiro atoms. The van der Waals surface area contributed by atoms with Crippen molar-refractivity contribution in [2.24, 2.45) is 0 Å². The Labute approximate surface area is 79.5 Å². The molecule has 0 fully saturated rings. The quantitative estimate of drug-likeness (QED) is 0.727. The Hall–Kier alpha value is -1.36. The molecule has 1 aromatic heterocycles. The zero-order valence-electron chi connectivity index (χ0n) is 7.07. The summed E-state index contributed by atoms with van der Waals surface area (Å²) >= 11 is 1.28. The first-order chi connectivity index (χ1) is 6.24. The molecule has 0 bridgehead atoms. The molecular formula is C8H9NO3S. The van der Waals surface area contributed by atoms with E-state index < -0.39 is 5.97 Å². The van der Waals surface area contributed by atoms with Crippen molar-refractivity contribution in [3.63, 3.8) is 0 Å². The summed E-state index contributed by atoms with van der Waals surface area (Å²) in [5.74, 6) is -0.775. The number of carbonyl (C=O) groups is 2. The maximum absolute atomic E-state index is 11.1. The SMILES string of the molecule is CNC(=O)COC(=O)c1cccs1. The highest BCUT2D eigenvalue weighted by Gasteiger charge is 2.09. The summed E-state index contributed by atoms with van der Waals surface area (Å²) in [7, 11) is 1.49. The van der Waals surface area contributed by atoms with E-state index in [1.165, 1.54) is 18.4 Å². The van der Waals surface area contributed by atoms with Crippen LogP contribution in [0.3, 0.4) is 0 Å². The monoisotopic (exact) mass is 199 g/mol. The molecule has 0 aliphatic carbocycles. The molecule has 0 saturated carbocycles. The number of hydrogen-bond acceptors (Lipinski definition) is 4. The van der Waals surface area contributed by atoms with Gasteiger partial charge < -0.3 is 10.1 Å². The van der Waals surface area contributed by atoms with Crippen molar-refractivity contribution in [2.45, 2.75) is 0 Å². The van der Waals surface area contributed by atoms with Crippen LogP contribution in [0.15, 0.2) is 17.5 Å². The summed E-state index contributed by atoms with van der Waals surface area (Å²) in [5.41, 5.74) is 0. The molecule has 0 aromatic carbocycles. The number of carbonyl (C=O) groups excluding carboxylic acids is 2. The normalized spacial score (nSPS) is 9.31. The second-order valence-corrected chi connectivity index (χ2v) is 3.17. The minimum atomic E-state index is -0.460. The minimum absolute atomic E-state index is 0.229. The lowest BCUT2D eigenvalue weighted by Crippen LogP contribution is -2.24. The van der Waals surface area contributed by atoms with Gasteiger partial charge in [-0.3, -0.25) is 4.79 Å². The lowest BCUT2D eigenvalue weighted by Gasteiger charge is -2.00. The van der Waals surface area contributed by atoms with Crippen LogP contribution in [0.25, 0.3) is 0 Å². The van der Waals surface area contributed by atoms with Gasteiger partial charge in [-0.2, -0.15) is 0 Å². The summed E-state index contributed by atoms with van der Waals surface area (Å²) in [4.78, 5) is 22.3. The molecule has 13 heavy (non-hydrogen) atoms. The van der Waals surface area contributed by atoms with Gasteiger partial charge in [0.1, 0.15) is 4.88 Å². The lowest BCUT2D eigenvalue weighted by atomic mass is 10.5. The number of nitrogens with one attached hydrogen (secondary N) is 1. The van der Waals surface area contributed by atoms with Crippen molar-refractivity contribution in [1.29, 1.82) is 0 Å². The van der Waals surface area contributed by atoms with E-state index in [2.05, 4.69) is 5.32 Å². The molecule has 0 aliphatic heterocycles. The van der Waals surface area contributed by atoms with Gasteiger partial charge in [0.2, 0.25) is 0 Å². The molecule has 0 atom stereocenters. The average molecular weight is 199 g/mol. The lowest BCUT2D eigenvalue weighted by molar-refractivity contribution is -0.123. The van der Waals surface area contributed by atoms with Crippen LogP contribution < -0.4 is 5.32 Å². The first-order valence-electron chi connectivity index (χ1n) is 3.65. The number of amides is 1. The van der Waals surface area contributed by atoms with Crippen LogP contribution in [0.2, 0.25) is 0 Å². The Kier molecular flexibility index (Phi) is 3.45. The summed E-state index contributed by atoms with van der Waals surface area (Å²) in [6.07, 6.45) is 0. The molecular weight excluding hydrogens is 190 g/mol. The van der Waals surface area contributed by atoms with E-state index in [-0.39, 0.29) is 12.5 Å². The number of hydrogen-bond donors (Lipinski definition) is 1. The Morgan fingerprint density at radius 2 is 2.38 bits per heavy atom. The summed E-state index contributed by atoms with van der Waals surface area (Å²) < 4.78 is 4.70. The molecule has 0 unspecified atom stereocenters. The number of rotatable bonds is 3. The number of esters is 1. The third kappa shape index (κ3) is 2.87. The molecule has 0 saturated heterocycles. The second-order valence-electron chi connectivity index (χ2n) is 2.23.